The summed E-state index contributed by atoms with van der Waals surface area (Å²) < 4.78 is 39.6. The van der Waals surface area contributed by atoms with Crippen LogP contribution in [0.4, 0.5) is 13.2 Å². The second-order valence-electron chi connectivity index (χ2n) is 5.56. The minimum atomic E-state index is -4.56. The molecule has 0 bridgehead atoms. The normalized spacial score (nSPS) is 11.5. The number of halogens is 5. The second kappa shape index (κ2) is 8.92. The molecule has 0 atom stereocenters. The minimum Gasteiger partial charge on any atom is -0.363 e. The Balaban J connectivity index is 1.75. The topological polar surface area (TPSA) is 41.9 Å². The Kier molecular flexibility index (Phi) is 7.14. The molecular formula is C16H17Cl2F3N4S. The molecule has 0 fully saturated rings. The third kappa shape index (κ3) is 5.75. The number of nitrogens with zero attached hydrogens (tertiary/aromatic N) is 2. The number of nitrogens with one attached hydrogen (secondary N) is 2. The molecule has 142 valence electrons. The van der Waals surface area contributed by atoms with E-state index in [0.717, 1.165) is 5.56 Å². The number of hydrogen-bond donors (Lipinski definition) is 2. The van der Waals surface area contributed by atoms with Gasteiger partial charge >= 0.3 is 6.18 Å². The van der Waals surface area contributed by atoms with Gasteiger partial charge in [0.25, 0.3) is 0 Å². The van der Waals surface area contributed by atoms with E-state index in [1.165, 1.54) is 11.6 Å². The van der Waals surface area contributed by atoms with Crippen LogP contribution in [0.25, 0.3) is 0 Å². The molecule has 4 nitrogen and oxygen atoms in total. The van der Waals surface area contributed by atoms with Gasteiger partial charge in [-0.3, -0.25) is 4.68 Å². The summed E-state index contributed by atoms with van der Waals surface area (Å²) >= 11 is 16.7. The van der Waals surface area contributed by atoms with Gasteiger partial charge in [0, 0.05) is 24.7 Å². The number of aromatic nitrogens is 2. The number of rotatable bonds is 6. The first-order valence-electron chi connectivity index (χ1n) is 7.74. The highest BCUT2D eigenvalue weighted by Gasteiger charge is 2.38. The van der Waals surface area contributed by atoms with Crippen LogP contribution in [0, 0.1) is 6.92 Å². The average molecular weight is 425 g/mol. The minimum absolute atomic E-state index is 0.294. The van der Waals surface area contributed by atoms with Crippen LogP contribution in [-0.2, 0) is 19.3 Å². The van der Waals surface area contributed by atoms with E-state index in [0.29, 0.717) is 41.9 Å². The molecule has 0 unspecified atom stereocenters. The van der Waals surface area contributed by atoms with Crippen LogP contribution < -0.4 is 10.6 Å². The lowest BCUT2D eigenvalue weighted by atomic mass is 10.2. The summed E-state index contributed by atoms with van der Waals surface area (Å²) in [5, 5.41) is 10.4. The molecule has 1 aromatic heterocycles. The maximum atomic E-state index is 12.8. The van der Waals surface area contributed by atoms with Gasteiger partial charge in [0.15, 0.2) is 10.8 Å². The van der Waals surface area contributed by atoms with Crippen LogP contribution in [0.15, 0.2) is 24.3 Å². The fraction of sp³-hybridized carbons (Fsp3) is 0.375. The largest absolute Gasteiger partial charge is 0.436 e. The molecule has 0 saturated heterocycles. The third-order valence-corrected chi connectivity index (χ3v) is 4.59. The highest BCUT2D eigenvalue weighted by molar-refractivity contribution is 7.80. The van der Waals surface area contributed by atoms with Crippen LogP contribution in [0.5, 0.6) is 0 Å². The van der Waals surface area contributed by atoms with E-state index in [2.05, 4.69) is 15.7 Å². The van der Waals surface area contributed by atoms with Crippen LogP contribution in [0.1, 0.15) is 23.4 Å². The van der Waals surface area contributed by atoms with Crippen molar-refractivity contribution < 1.29 is 13.2 Å². The zero-order valence-electron chi connectivity index (χ0n) is 13.8. The number of aryl methyl sites for hydroxylation is 1. The molecule has 10 heteroatoms. The van der Waals surface area contributed by atoms with Gasteiger partial charge in [-0.1, -0.05) is 35.3 Å². The molecule has 0 aliphatic carbocycles. The van der Waals surface area contributed by atoms with Crippen molar-refractivity contribution >= 4 is 40.5 Å². The Morgan fingerprint density at radius 2 is 1.85 bits per heavy atom. The summed E-state index contributed by atoms with van der Waals surface area (Å²) in [5.41, 5.74) is 0.271. The number of benzene rings is 1. The predicted octanol–water partition coefficient (Wildman–Crippen LogP) is 4.57. The first kappa shape index (κ1) is 20.8. The van der Waals surface area contributed by atoms with Gasteiger partial charge in [-0.05, 0) is 43.3 Å². The predicted molar refractivity (Wildman–Crippen MR) is 100 cm³/mol. The molecule has 0 amide bonds. The lowest BCUT2D eigenvalue weighted by molar-refractivity contribution is -0.141. The van der Waals surface area contributed by atoms with Crippen molar-refractivity contribution in [1.82, 2.24) is 20.4 Å². The molecule has 0 saturated carbocycles. The first-order valence-corrected chi connectivity index (χ1v) is 8.91. The van der Waals surface area contributed by atoms with Gasteiger partial charge in [0.2, 0.25) is 0 Å². The molecule has 26 heavy (non-hydrogen) atoms. The number of alkyl halides is 3. The highest BCUT2D eigenvalue weighted by Crippen LogP contribution is 2.35. The lowest BCUT2D eigenvalue weighted by Crippen LogP contribution is -2.35. The monoisotopic (exact) mass is 424 g/mol. The van der Waals surface area contributed by atoms with Crippen molar-refractivity contribution in [3.8, 4) is 0 Å². The molecule has 2 aromatic rings. The Bertz CT molecular complexity index is 760. The molecule has 2 rings (SSSR count). The fourth-order valence-corrected chi connectivity index (χ4v) is 2.74. The van der Waals surface area contributed by atoms with Gasteiger partial charge in [-0.25, -0.2) is 0 Å². The molecule has 0 aliphatic heterocycles. The van der Waals surface area contributed by atoms with E-state index in [-0.39, 0.29) is 5.02 Å². The zero-order valence-corrected chi connectivity index (χ0v) is 16.2. The van der Waals surface area contributed by atoms with Crippen molar-refractivity contribution in [1.29, 1.82) is 0 Å². The maximum absolute atomic E-state index is 12.8. The molecule has 0 spiro atoms. The van der Waals surface area contributed by atoms with E-state index in [4.69, 9.17) is 35.4 Å². The van der Waals surface area contributed by atoms with Gasteiger partial charge in [-0.15, -0.1) is 0 Å². The highest BCUT2D eigenvalue weighted by atomic mass is 35.5. The van der Waals surface area contributed by atoms with E-state index in [9.17, 15) is 13.2 Å². The van der Waals surface area contributed by atoms with E-state index >= 15 is 0 Å². The first-order chi connectivity index (χ1) is 12.2. The van der Waals surface area contributed by atoms with Crippen LogP contribution in [0.3, 0.4) is 0 Å². The molecular weight excluding hydrogens is 408 g/mol. The van der Waals surface area contributed by atoms with Crippen molar-refractivity contribution in [2.45, 2.75) is 32.6 Å². The molecule has 0 aliphatic rings. The molecule has 2 N–H and O–H groups in total. The van der Waals surface area contributed by atoms with Crippen molar-refractivity contribution in [3.05, 3.63) is 51.3 Å². The van der Waals surface area contributed by atoms with Crippen molar-refractivity contribution in [2.24, 2.45) is 0 Å². The summed E-state index contributed by atoms with van der Waals surface area (Å²) in [6.07, 6.45) is -4.02. The van der Waals surface area contributed by atoms with Crippen LogP contribution in [0.2, 0.25) is 10.0 Å². The fourth-order valence-electron chi connectivity index (χ4n) is 2.20. The summed E-state index contributed by atoms with van der Waals surface area (Å²) in [6.45, 7) is 2.85. The van der Waals surface area contributed by atoms with Crippen molar-refractivity contribution in [3.63, 3.8) is 0 Å². The number of hydrogen-bond acceptors (Lipinski definition) is 2. The van der Waals surface area contributed by atoms with Crippen molar-refractivity contribution in [2.75, 3.05) is 6.54 Å². The Morgan fingerprint density at radius 3 is 2.42 bits per heavy atom. The van der Waals surface area contributed by atoms with Gasteiger partial charge < -0.3 is 10.6 Å². The summed E-state index contributed by atoms with van der Waals surface area (Å²) in [4.78, 5) is 0. The lowest BCUT2D eigenvalue weighted by Gasteiger charge is -2.11. The quantitative estimate of drug-likeness (QED) is 0.526. The number of thiocarbonyl (C=S) groups is 1. The molecule has 0 radical (unpaired) electrons. The maximum Gasteiger partial charge on any atom is 0.436 e. The molecule has 1 heterocycles. The summed E-state index contributed by atoms with van der Waals surface area (Å²) in [5.74, 6) is 0. The average Bonchev–Trinajstić information content (AvgIpc) is 2.86. The Labute approximate surface area is 164 Å². The van der Waals surface area contributed by atoms with E-state index in [1.807, 2.05) is 12.1 Å². The standard InChI is InChI=1S/C16H17Cl2F3N4S/c1-10-13(18)14(16(19,20)21)24-25(10)8-2-7-22-15(26)23-9-11-3-5-12(17)6-4-11/h3-6H,2,7-9H2,1H3,(H2,22,23,26). The third-order valence-electron chi connectivity index (χ3n) is 3.60. The van der Waals surface area contributed by atoms with E-state index < -0.39 is 11.9 Å². The Hall–Kier alpha value is -1.51. The van der Waals surface area contributed by atoms with Crippen LogP contribution in [-0.4, -0.2) is 21.4 Å². The van der Waals surface area contributed by atoms with Gasteiger partial charge in [0.05, 0.1) is 10.7 Å². The van der Waals surface area contributed by atoms with Crippen LogP contribution >= 0.6 is 35.4 Å². The smallest absolute Gasteiger partial charge is 0.363 e. The molecule has 1 aromatic carbocycles. The summed E-state index contributed by atoms with van der Waals surface area (Å²) in [6, 6.07) is 7.37. The Morgan fingerprint density at radius 1 is 1.19 bits per heavy atom. The second-order valence-corrected chi connectivity index (χ2v) is 6.78. The van der Waals surface area contributed by atoms with E-state index in [1.54, 1.807) is 12.1 Å². The SMILES string of the molecule is Cc1c(Cl)c(C(F)(F)F)nn1CCCNC(=S)NCc1ccc(Cl)cc1. The zero-order chi connectivity index (χ0) is 19.3. The van der Waals surface area contributed by atoms with Gasteiger partial charge in [0.1, 0.15) is 0 Å². The summed E-state index contributed by atoms with van der Waals surface area (Å²) in [7, 11) is 0. The van der Waals surface area contributed by atoms with Gasteiger partial charge in [-0.2, -0.15) is 18.3 Å².